The normalized spacial score (nSPS) is 13.9. The number of carbonyl (C=O) groups excluding carboxylic acids is 1. The largest absolute Gasteiger partial charge is 0.497 e. The summed E-state index contributed by atoms with van der Waals surface area (Å²) in [6.07, 6.45) is 0.662. The molecular weight excluding hydrogens is 416 g/mol. The van der Waals surface area contributed by atoms with E-state index in [4.69, 9.17) is 9.47 Å². The lowest BCUT2D eigenvalue weighted by atomic mass is 10.1. The summed E-state index contributed by atoms with van der Waals surface area (Å²) in [6.45, 7) is 0.972. The number of amides is 1. The van der Waals surface area contributed by atoms with Crippen LogP contribution in [0.3, 0.4) is 0 Å². The first-order valence-electron chi connectivity index (χ1n) is 10.1. The van der Waals surface area contributed by atoms with E-state index in [1.807, 2.05) is 24.3 Å². The zero-order valence-corrected chi connectivity index (χ0v) is 18.0. The van der Waals surface area contributed by atoms with Crippen molar-refractivity contribution >= 4 is 32.4 Å². The van der Waals surface area contributed by atoms with Crippen LogP contribution in [0.5, 0.6) is 11.5 Å². The number of hydrogen-bond donors (Lipinski definition) is 1. The molecule has 0 radical (unpaired) electrons. The zero-order valence-electron chi connectivity index (χ0n) is 17.2. The Morgan fingerprint density at radius 2 is 1.71 bits per heavy atom. The van der Waals surface area contributed by atoms with Crippen LogP contribution in [0.25, 0.3) is 10.8 Å². The molecule has 0 unspecified atom stereocenters. The topological polar surface area (TPSA) is 84.9 Å². The molecule has 3 aromatic rings. The van der Waals surface area contributed by atoms with Crippen LogP contribution in [-0.2, 0) is 14.8 Å². The van der Waals surface area contributed by atoms with Crippen molar-refractivity contribution in [1.29, 1.82) is 0 Å². The predicted molar refractivity (Wildman–Crippen MR) is 119 cm³/mol. The summed E-state index contributed by atoms with van der Waals surface area (Å²) >= 11 is 0. The lowest BCUT2D eigenvalue weighted by Crippen LogP contribution is -2.31. The van der Waals surface area contributed by atoms with E-state index in [-0.39, 0.29) is 18.9 Å². The zero-order chi connectivity index (χ0) is 21.8. The number of hydrogen-bond acceptors (Lipinski definition) is 5. The van der Waals surface area contributed by atoms with Gasteiger partial charge in [-0.15, -0.1) is 0 Å². The molecule has 3 aromatic carbocycles. The molecule has 8 heteroatoms. The van der Waals surface area contributed by atoms with E-state index in [0.29, 0.717) is 35.9 Å². The highest BCUT2D eigenvalue weighted by molar-refractivity contribution is 7.93. The summed E-state index contributed by atoms with van der Waals surface area (Å²) in [5.74, 6) is 1.31. The van der Waals surface area contributed by atoms with Crippen molar-refractivity contribution in [3.63, 3.8) is 0 Å². The van der Waals surface area contributed by atoms with Gasteiger partial charge in [0.25, 0.3) is 10.0 Å². The first-order chi connectivity index (χ1) is 15.0. The van der Waals surface area contributed by atoms with Gasteiger partial charge in [-0.3, -0.25) is 9.10 Å². The summed E-state index contributed by atoms with van der Waals surface area (Å²) in [7, 11) is -1.98. The molecule has 1 aliphatic heterocycles. The van der Waals surface area contributed by atoms with Crippen LogP contribution in [0.15, 0.2) is 65.6 Å². The maximum absolute atomic E-state index is 12.9. The van der Waals surface area contributed by atoms with Crippen molar-refractivity contribution in [2.75, 3.05) is 31.1 Å². The van der Waals surface area contributed by atoms with Crippen molar-refractivity contribution in [3.05, 3.63) is 60.7 Å². The molecule has 1 N–H and O–H groups in total. The summed E-state index contributed by atoms with van der Waals surface area (Å²) in [5, 5.41) is 4.46. The molecule has 0 aromatic heterocycles. The van der Waals surface area contributed by atoms with E-state index in [1.54, 1.807) is 43.5 Å². The monoisotopic (exact) mass is 440 g/mol. The highest BCUT2D eigenvalue weighted by Gasteiger charge is 2.34. The lowest BCUT2D eigenvalue weighted by Gasteiger charge is -2.18. The number of rotatable bonds is 9. The van der Waals surface area contributed by atoms with Gasteiger partial charge in [0.05, 0.1) is 24.2 Å². The van der Waals surface area contributed by atoms with E-state index in [1.165, 1.54) is 4.31 Å². The Hall–Kier alpha value is -3.26. The molecule has 1 amide bonds. The average Bonchev–Trinajstić information content (AvgIpc) is 3.00. The van der Waals surface area contributed by atoms with Crippen LogP contribution in [-0.4, -0.2) is 41.1 Å². The smallest absolute Gasteiger partial charge is 0.265 e. The predicted octanol–water partition coefficient (Wildman–Crippen LogP) is 3.33. The molecule has 0 atom stereocenters. The fourth-order valence-electron chi connectivity index (χ4n) is 3.70. The molecule has 0 spiro atoms. The van der Waals surface area contributed by atoms with Gasteiger partial charge < -0.3 is 14.8 Å². The van der Waals surface area contributed by atoms with Crippen LogP contribution in [0.2, 0.25) is 0 Å². The van der Waals surface area contributed by atoms with Crippen LogP contribution in [0.4, 0.5) is 5.69 Å². The molecule has 4 rings (SSSR count). The SMILES string of the molecule is COc1ccc(OCCNC(=O)CCCN2c3cccc4cccc(c34)S2(=O)=O)cc1. The van der Waals surface area contributed by atoms with Crippen LogP contribution in [0, 0.1) is 0 Å². The maximum Gasteiger partial charge on any atom is 0.265 e. The lowest BCUT2D eigenvalue weighted by molar-refractivity contribution is -0.121. The number of carbonyl (C=O) groups is 1. The van der Waals surface area contributed by atoms with Crippen molar-refractivity contribution in [2.45, 2.75) is 17.7 Å². The number of anilines is 1. The highest BCUT2D eigenvalue weighted by atomic mass is 32.2. The van der Waals surface area contributed by atoms with E-state index in [2.05, 4.69) is 5.32 Å². The number of nitrogens with one attached hydrogen (secondary N) is 1. The molecule has 7 nitrogen and oxygen atoms in total. The Kier molecular flexibility index (Phi) is 5.99. The third-order valence-electron chi connectivity index (χ3n) is 5.20. The number of sulfonamides is 1. The number of ether oxygens (including phenoxy) is 2. The standard InChI is InChI=1S/C23H24N2O5S/c1-29-18-10-12-19(13-11-18)30-16-14-24-22(26)9-4-15-25-20-7-2-5-17-6-3-8-21(23(17)20)31(25,27)28/h2-3,5-8,10-13H,4,9,14-16H2,1H3,(H,24,26). The van der Waals surface area contributed by atoms with Crippen LogP contribution < -0.4 is 19.1 Å². The average molecular weight is 441 g/mol. The van der Waals surface area contributed by atoms with Gasteiger partial charge in [-0.1, -0.05) is 24.3 Å². The molecule has 0 bridgehead atoms. The molecule has 0 aliphatic carbocycles. The van der Waals surface area contributed by atoms with E-state index in [9.17, 15) is 13.2 Å². The van der Waals surface area contributed by atoms with Gasteiger partial charge in [0.2, 0.25) is 5.91 Å². The minimum Gasteiger partial charge on any atom is -0.497 e. The summed E-state index contributed by atoms with van der Waals surface area (Å²) in [4.78, 5) is 12.5. The van der Waals surface area contributed by atoms with Crippen molar-refractivity contribution in [3.8, 4) is 11.5 Å². The van der Waals surface area contributed by atoms with Gasteiger partial charge in [-0.05, 0) is 48.2 Å². The second-order valence-corrected chi connectivity index (χ2v) is 9.02. The van der Waals surface area contributed by atoms with Crippen LogP contribution >= 0.6 is 0 Å². The molecule has 162 valence electrons. The minimum absolute atomic E-state index is 0.134. The Labute approximate surface area is 181 Å². The van der Waals surface area contributed by atoms with E-state index >= 15 is 0 Å². The van der Waals surface area contributed by atoms with Gasteiger partial charge in [0.1, 0.15) is 18.1 Å². The van der Waals surface area contributed by atoms with Crippen LogP contribution in [0.1, 0.15) is 12.8 Å². The number of nitrogens with zero attached hydrogens (tertiary/aromatic N) is 1. The number of methoxy groups -OCH3 is 1. The van der Waals surface area contributed by atoms with Crippen molar-refractivity contribution in [2.24, 2.45) is 0 Å². The summed E-state index contributed by atoms with van der Waals surface area (Å²) in [5.41, 5.74) is 0.682. The Bertz CT molecular complexity index is 1190. The fraction of sp³-hybridized carbons (Fsp3) is 0.261. The fourth-order valence-corrected chi connectivity index (χ4v) is 5.45. The van der Waals surface area contributed by atoms with Gasteiger partial charge in [0.15, 0.2) is 0 Å². The minimum atomic E-state index is -3.58. The first-order valence-corrected chi connectivity index (χ1v) is 11.5. The van der Waals surface area contributed by atoms with Gasteiger partial charge in [-0.25, -0.2) is 8.42 Å². The molecular formula is C23H24N2O5S. The van der Waals surface area contributed by atoms with Gasteiger partial charge >= 0.3 is 0 Å². The third kappa shape index (κ3) is 4.29. The Morgan fingerprint density at radius 3 is 2.45 bits per heavy atom. The van der Waals surface area contributed by atoms with Gasteiger partial charge in [-0.2, -0.15) is 0 Å². The van der Waals surface area contributed by atoms with E-state index < -0.39 is 10.0 Å². The second kappa shape index (κ2) is 8.85. The summed E-state index contributed by atoms with van der Waals surface area (Å²) in [6, 6.07) is 18.1. The quantitative estimate of drug-likeness (QED) is 0.516. The molecule has 0 fully saturated rings. The van der Waals surface area contributed by atoms with Gasteiger partial charge in [0, 0.05) is 18.4 Å². The Balaban J connectivity index is 1.25. The highest BCUT2D eigenvalue weighted by Crippen LogP contribution is 2.41. The second-order valence-electron chi connectivity index (χ2n) is 7.19. The number of benzene rings is 3. The molecule has 31 heavy (non-hydrogen) atoms. The molecule has 1 aliphatic rings. The Morgan fingerprint density at radius 1 is 1.00 bits per heavy atom. The first kappa shape index (κ1) is 21.0. The van der Waals surface area contributed by atoms with E-state index in [0.717, 1.165) is 16.5 Å². The van der Waals surface area contributed by atoms with Crippen molar-refractivity contribution in [1.82, 2.24) is 5.32 Å². The van der Waals surface area contributed by atoms with Crippen molar-refractivity contribution < 1.29 is 22.7 Å². The maximum atomic E-state index is 12.9. The molecule has 1 heterocycles. The molecule has 0 saturated carbocycles. The third-order valence-corrected chi connectivity index (χ3v) is 7.05. The summed E-state index contributed by atoms with van der Waals surface area (Å²) < 4.78 is 37.9. The molecule has 0 saturated heterocycles.